The van der Waals surface area contributed by atoms with Gasteiger partial charge in [-0.25, -0.2) is 0 Å². The number of rotatable bonds is 4. The van der Waals surface area contributed by atoms with Gasteiger partial charge in [-0.2, -0.15) is 0 Å². The molecular weight excluding hydrogens is 220 g/mol. The highest BCUT2D eigenvalue weighted by Gasteiger charge is 2.19. The van der Waals surface area contributed by atoms with E-state index >= 15 is 0 Å². The van der Waals surface area contributed by atoms with Gasteiger partial charge in [0.2, 0.25) is 0 Å². The molecule has 0 bridgehead atoms. The van der Waals surface area contributed by atoms with E-state index in [1.165, 1.54) is 16.7 Å². The minimum Gasteiger partial charge on any atom is -0.396 e. The van der Waals surface area contributed by atoms with E-state index in [2.05, 4.69) is 59.7 Å². The molecule has 0 radical (unpaired) electrons. The van der Waals surface area contributed by atoms with E-state index in [1.807, 2.05) is 0 Å². The second-order valence-corrected chi connectivity index (χ2v) is 6.83. The van der Waals surface area contributed by atoms with Crippen molar-refractivity contribution < 1.29 is 5.11 Å². The topological polar surface area (TPSA) is 20.2 Å². The Morgan fingerprint density at radius 1 is 1.17 bits per heavy atom. The second-order valence-electron chi connectivity index (χ2n) is 6.83. The molecule has 18 heavy (non-hydrogen) atoms. The molecule has 0 aromatic heterocycles. The smallest absolute Gasteiger partial charge is 0.0499 e. The van der Waals surface area contributed by atoms with Crippen LogP contribution in [-0.2, 0) is 5.41 Å². The first-order chi connectivity index (χ1) is 8.25. The second kappa shape index (κ2) is 5.88. The molecule has 0 aliphatic heterocycles. The Hall–Kier alpha value is -0.820. The third kappa shape index (κ3) is 3.84. The predicted octanol–water partition coefficient (Wildman–Crippen LogP) is 4.41. The van der Waals surface area contributed by atoms with Gasteiger partial charge in [-0.05, 0) is 41.4 Å². The van der Waals surface area contributed by atoms with Gasteiger partial charge >= 0.3 is 0 Å². The summed E-state index contributed by atoms with van der Waals surface area (Å²) < 4.78 is 0. The Balaban J connectivity index is 3.13. The monoisotopic (exact) mass is 248 g/mol. The van der Waals surface area contributed by atoms with Gasteiger partial charge in [0.25, 0.3) is 0 Å². The van der Waals surface area contributed by atoms with Gasteiger partial charge in [0.15, 0.2) is 0 Å². The fourth-order valence-corrected chi connectivity index (χ4v) is 2.42. The molecule has 1 heteroatoms. The first kappa shape index (κ1) is 15.2. The average molecular weight is 248 g/mol. The zero-order chi connectivity index (χ0) is 13.9. The van der Waals surface area contributed by atoms with Crippen molar-refractivity contribution in [1.82, 2.24) is 0 Å². The van der Waals surface area contributed by atoms with Crippen LogP contribution >= 0.6 is 0 Å². The lowest BCUT2D eigenvalue weighted by atomic mass is 9.81. The fourth-order valence-electron chi connectivity index (χ4n) is 2.42. The van der Waals surface area contributed by atoms with Crippen LogP contribution in [0.5, 0.6) is 0 Å². The molecule has 0 saturated heterocycles. The van der Waals surface area contributed by atoms with Crippen molar-refractivity contribution in [2.75, 3.05) is 6.61 Å². The van der Waals surface area contributed by atoms with Gasteiger partial charge in [0.05, 0.1) is 0 Å². The Morgan fingerprint density at radius 3 is 2.22 bits per heavy atom. The summed E-state index contributed by atoms with van der Waals surface area (Å²) in [5.41, 5.74) is 4.13. The number of aryl methyl sites for hydroxylation is 1. The van der Waals surface area contributed by atoms with Crippen molar-refractivity contribution in [3.05, 3.63) is 34.9 Å². The van der Waals surface area contributed by atoms with E-state index in [1.54, 1.807) is 0 Å². The molecule has 1 nitrogen and oxygen atoms in total. The maximum absolute atomic E-state index is 9.65. The molecule has 1 unspecified atom stereocenters. The van der Waals surface area contributed by atoms with Crippen molar-refractivity contribution in [2.24, 2.45) is 5.92 Å². The van der Waals surface area contributed by atoms with Gasteiger partial charge in [0.1, 0.15) is 0 Å². The van der Waals surface area contributed by atoms with Gasteiger partial charge in [-0.3, -0.25) is 0 Å². The third-order valence-electron chi connectivity index (χ3n) is 3.56. The lowest BCUT2D eigenvalue weighted by Crippen LogP contribution is -2.14. The van der Waals surface area contributed by atoms with Crippen LogP contribution in [0.3, 0.4) is 0 Å². The van der Waals surface area contributed by atoms with Crippen molar-refractivity contribution >= 4 is 0 Å². The number of hydrogen-bond donors (Lipinski definition) is 1. The molecule has 0 saturated carbocycles. The van der Waals surface area contributed by atoms with E-state index in [0.29, 0.717) is 5.92 Å². The molecule has 1 aromatic rings. The van der Waals surface area contributed by atoms with E-state index in [9.17, 15) is 5.11 Å². The molecule has 1 atom stereocenters. The Bertz CT molecular complexity index is 385. The molecule has 102 valence electrons. The number of aliphatic hydroxyl groups excluding tert-OH is 1. The Morgan fingerprint density at radius 2 is 1.78 bits per heavy atom. The van der Waals surface area contributed by atoms with Crippen molar-refractivity contribution in [2.45, 2.75) is 59.3 Å². The SMILES string of the molecule is Cc1ccc(C(C)(C)C)cc1C(CO)CC(C)C. The van der Waals surface area contributed by atoms with Crippen LogP contribution in [0.4, 0.5) is 0 Å². The molecule has 0 amide bonds. The minimum atomic E-state index is 0.167. The largest absolute Gasteiger partial charge is 0.396 e. The standard InChI is InChI=1S/C17H28O/c1-12(2)9-14(11-18)16-10-15(17(4,5)6)8-7-13(16)3/h7-8,10,12,14,18H,9,11H2,1-6H3. The van der Waals surface area contributed by atoms with Crippen LogP contribution in [0, 0.1) is 12.8 Å². The molecule has 0 fully saturated rings. The van der Waals surface area contributed by atoms with Crippen molar-refractivity contribution in [3.8, 4) is 0 Å². The van der Waals surface area contributed by atoms with Gasteiger partial charge < -0.3 is 5.11 Å². The summed E-state index contributed by atoms with van der Waals surface area (Å²) in [5, 5.41) is 9.65. The Labute approximate surface area is 112 Å². The molecule has 0 aliphatic rings. The van der Waals surface area contributed by atoms with E-state index in [4.69, 9.17) is 0 Å². The molecule has 1 aromatic carbocycles. The number of benzene rings is 1. The summed E-state index contributed by atoms with van der Waals surface area (Å²) in [6.45, 7) is 13.5. The normalized spacial score (nSPS) is 14.0. The summed E-state index contributed by atoms with van der Waals surface area (Å²) >= 11 is 0. The first-order valence-corrected chi connectivity index (χ1v) is 6.97. The molecular formula is C17H28O. The highest BCUT2D eigenvalue weighted by Crippen LogP contribution is 2.31. The highest BCUT2D eigenvalue weighted by molar-refractivity contribution is 5.36. The van der Waals surface area contributed by atoms with Crippen LogP contribution in [0.25, 0.3) is 0 Å². The summed E-state index contributed by atoms with van der Waals surface area (Å²) in [7, 11) is 0. The Kier molecular flexibility index (Phi) is 4.98. The fraction of sp³-hybridized carbons (Fsp3) is 0.647. The van der Waals surface area contributed by atoms with E-state index < -0.39 is 0 Å². The van der Waals surface area contributed by atoms with E-state index in [-0.39, 0.29) is 17.9 Å². The van der Waals surface area contributed by atoms with Crippen LogP contribution in [0.15, 0.2) is 18.2 Å². The molecule has 1 N–H and O–H groups in total. The summed E-state index contributed by atoms with van der Waals surface area (Å²) in [6.07, 6.45) is 1.05. The van der Waals surface area contributed by atoms with Crippen LogP contribution in [0.2, 0.25) is 0 Å². The third-order valence-corrected chi connectivity index (χ3v) is 3.56. The van der Waals surface area contributed by atoms with Crippen LogP contribution in [-0.4, -0.2) is 11.7 Å². The number of aliphatic hydroxyl groups is 1. The lowest BCUT2D eigenvalue weighted by Gasteiger charge is -2.24. The minimum absolute atomic E-state index is 0.167. The average Bonchev–Trinajstić information content (AvgIpc) is 2.25. The van der Waals surface area contributed by atoms with Crippen LogP contribution < -0.4 is 0 Å². The summed E-state index contributed by atoms with van der Waals surface area (Å²) in [6, 6.07) is 6.69. The first-order valence-electron chi connectivity index (χ1n) is 6.97. The van der Waals surface area contributed by atoms with Crippen LogP contribution in [0.1, 0.15) is 63.6 Å². The van der Waals surface area contributed by atoms with Crippen molar-refractivity contribution in [1.29, 1.82) is 0 Å². The molecule has 0 heterocycles. The summed E-state index contributed by atoms with van der Waals surface area (Å²) in [5.74, 6) is 0.882. The maximum atomic E-state index is 9.65. The number of hydrogen-bond acceptors (Lipinski definition) is 1. The van der Waals surface area contributed by atoms with Gasteiger partial charge in [0, 0.05) is 12.5 Å². The summed E-state index contributed by atoms with van der Waals surface area (Å²) in [4.78, 5) is 0. The van der Waals surface area contributed by atoms with E-state index in [0.717, 1.165) is 6.42 Å². The zero-order valence-electron chi connectivity index (χ0n) is 12.7. The molecule has 1 rings (SSSR count). The zero-order valence-corrected chi connectivity index (χ0v) is 12.7. The predicted molar refractivity (Wildman–Crippen MR) is 79.2 cm³/mol. The quantitative estimate of drug-likeness (QED) is 0.836. The van der Waals surface area contributed by atoms with Gasteiger partial charge in [-0.1, -0.05) is 52.8 Å². The van der Waals surface area contributed by atoms with Gasteiger partial charge in [-0.15, -0.1) is 0 Å². The van der Waals surface area contributed by atoms with Crippen molar-refractivity contribution in [3.63, 3.8) is 0 Å². The lowest BCUT2D eigenvalue weighted by molar-refractivity contribution is 0.248. The highest BCUT2D eigenvalue weighted by atomic mass is 16.3. The molecule has 0 spiro atoms. The molecule has 0 aliphatic carbocycles. The maximum Gasteiger partial charge on any atom is 0.0499 e.